The predicted octanol–water partition coefficient (Wildman–Crippen LogP) is 4.71. The van der Waals surface area contributed by atoms with Gasteiger partial charge in [-0.15, -0.1) is 11.3 Å². The lowest BCUT2D eigenvalue weighted by atomic mass is 10.0. The number of hydrogen-bond donors (Lipinski definition) is 1. The van der Waals surface area contributed by atoms with Gasteiger partial charge in [-0.1, -0.05) is 30.7 Å². The van der Waals surface area contributed by atoms with Gasteiger partial charge in [0.1, 0.15) is 0 Å². The second kappa shape index (κ2) is 7.11. The quantitative estimate of drug-likeness (QED) is 0.831. The van der Waals surface area contributed by atoms with Crippen LogP contribution in [0.3, 0.4) is 0 Å². The number of benzene rings is 1. The van der Waals surface area contributed by atoms with Gasteiger partial charge in [0.15, 0.2) is 0 Å². The zero-order valence-electron chi connectivity index (χ0n) is 12.2. The van der Waals surface area contributed by atoms with Crippen molar-refractivity contribution in [3.05, 3.63) is 51.2 Å². The summed E-state index contributed by atoms with van der Waals surface area (Å²) in [5.41, 5.74) is 2.57. The van der Waals surface area contributed by atoms with Crippen LogP contribution in [-0.2, 0) is 6.54 Å². The summed E-state index contributed by atoms with van der Waals surface area (Å²) in [5, 5.41) is 3.33. The lowest BCUT2D eigenvalue weighted by Gasteiger charge is -2.20. The number of nitrogens with one attached hydrogen (secondary N) is 1. The molecule has 20 heavy (non-hydrogen) atoms. The van der Waals surface area contributed by atoms with Gasteiger partial charge in [-0.3, -0.25) is 0 Å². The molecule has 0 amide bonds. The Kier molecular flexibility index (Phi) is 5.46. The molecule has 0 saturated carbocycles. The van der Waals surface area contributed by atoms with E-state index in [1.165, 1.54) is 16.1 Å². The molecular formula is C16H21ClN2S. The highest BCUT2D eigenvalue weighted by Gasteiger charge is 2.08. The van der Waals surface area contributed by atoms with Crippen LogP contribution in [0.2, 0.25) is 4.34 Å². The number of nitrogens with zero attached hydrogens (tertiary/aromatic N) is 1. The molecule has 0 fully saturated rings. The molecule has 0 radical (unpaired) electrons. The maximum Gasteiger partial charge on any atom is 0.0931 e. The van der Waals surface area contributed by atoms with Crippen molar-refractivity contribution in [3.63, 3.8) is 0 Å². The van der Waals surface area contributed by atoms with Gasteiger partial charge in [0, 0.05) is 23.7 Å². The predicted molar refractivity (Wildman–Crippen MR) is 90.0 cm³/mol. The number of anilines is 1. The van der Waals surface area contributed by atoms with Crippen molar-refractivity contribution in [1.82, 2.24) is 5.32 Å². The Labute approximate surface area is 130 Å². The van der Waals surface area contributed by atoms with Gasteiger partial charge in [0.05, 0.1) is 10.9 Å². The molecule has 0 aliphatic rings. The molecule has 2 aromatic rings. The average molecular weight is 309 g/mol. The smallest absolute Gasteiger partial charge is 0.0931 e. The van der Waals surface area contributed by atoms with Crippen molar-refractivity contribution in [2.75, 3.05) is 19.0 Å². The first-order valence-electron chi connectivity index (χ1n) is 6.86. The van der Waals surface area contributed by atoms with E-state index < -0.39 is 0 Å². The summed E-state index contributed by atoms with van der Waals surface area (Å²) in [6.07, 6.45) is 1.10. The lowest BCUT2D eigenvalue weighted by Crippen LogP contribution is -2.17. The summed E-state index contributed by atoms with van der Waals surface area (Å²) in [7, 11) is 4.12. The molecule has 0 saturated heterocycles. The van der Waals surface area contributed by atoms with E-state index in [2.05, 4.69) is 54.5 Å². The molecule has 4 heteroatoms. The Morgan fingerprint density at radius 2 is 1.90 bits per heavy atom. The lowest BCUT2D eigenvalue weighted by molar-refractivity contribution is 0.577. The third kappa shape index (κ3) is 3.75. The Morgan fingerprint density at radius 1 is 1.20 bits per heavy atom. The van der Waals surface area contributed by atoms with Crippen molar-refractivity contribution in [2.24, 2.45) is 0 Å². The topological polar surface area (TPSA) is 15.3 Å². The van der Waals surface area contributed by atoms with Crippen molar-refractivity contribution in [2.45, 2.75) is 25.9 Å². The molecular weight excluding hydrogens is 288 g/mol. The van der Waals surface area contributed by atoms with Crippen molar-refractivity contribution < 1.29 is 0 Å². The van der Waals surface area contributed by atoms with Gasteiger partial charge < -0.3 is 10.2 Å². The minimum absolute atomic E-state index is 0.436. The third-order valence-corrected chi connectivity index (χ3v) is 4.73. The number of rotatable bonds is 6. The van der Waals surface area contributed by atoms with E-state index in [1.54, 1.807) is 11.3 Å². The highest BCUT2D eigenvalue weighted by atomic mass is 35.5. The molecule has 1 heterocycles. The summed E-state index contributed by atoms with van der Waals surface area (Å²) in [4.78, 5) is 3.52. The van der Waals surface area contributed by atoms with E-state index in [4.69, 9.17) is 11.6 Å². The fourth-order valence-corrected chi connectivity index (χ4v) is 3.47. The van der Waals surface area contributed by atoms with Crippen LogP contribution in [0.25, 0.3) is 0 Å². The van der Waals surface area contributed by atoms with Crippen LogP contribution in [0.15, 0.2) is 36.4 Å². The zero-order valence-corrected chi connectivity index (χ0v) is 13.8. The Bertz CT molecular complexity index is 532. The normalized spacial score (nSPS) is 12.4. The van der Waals surface area contributed by atoms with E-state index in [0.29, 0.717) is 6.04 Å². The minimum atomic E-state index is 0.436. The summed E-state index contributed by atoms with van der Waals surface area (Å²) >= 11 is 7.61. The SMILES string of the molecule is CCC(NC)c1ccc(N(C)Cc2ccc(Cl)s2)cc1. The van der Waals surface area contributed by atoms with Gasteiger partial charge in [-0.25, -0.2) is 0 Å². The highest BCUT2D eigenvalue weighted by Crippen LogP contribution is 2.25. The van der Waals surface area contributed by atoms with E-state index in [-0.39, 0.29) is 0 Å². The Hall–Kier alpha value is -1.03. The molecule has 1 aromatic carbocycles. The first-order chi connectivity index (χ1) is 9.63. The van der Waals surface area contributed by atoms with Crippen molar-refractivity contribution in [1.29, 1.82) is 0 Å². The molecule has 1 unspecified atom stereocenters. The maximum atomic E-state index is 5.97. The molecule has 1 atom stereocenters. The summed E-state index contributed by atoms with van der Waals surface area (Å²) in [5.74, 6) is 0. The Morgan fingerprint density at radius 3 is 2.40 bits per heavy atom. The van der Waals surface area contributed by atoms with Crippen molar-refractivity contribution in [3.8, 4) is 0 Å². The van der Waals surface area contributed by atoms with E-state index >= 15 is 0 Å². The van der Waals surface area contributed by atoms with Gasteiger partial charge in [-0.05, 0) is 43.3 Å². The largest absolute Gasteiger partial charge is 0.369 e. The molecule has 0 aliphatic heterocycles. The Balaban J connectivity index is 2.05. The summed E-state index contributed by atoms with van der Waals surface area (Å²) in [6, 6.07) is 13.3. The summed E-state index contributed by atoms with van der Waals surface area (Å²) in [6.45, 7) is 3.09. The molecule has 0 aliphatic carbocycles. The van der Waals surface area contributed by atoms with E-state index in [1.807, 2.05) is 13.1 Å². The second-order valence-electron chi connectivity index (χ2n) is 4.90. The highest BCUT2D eigenvalue weighted by molar-refractivity contribution is 7.16. The van der Waals surface area contributed by atoms with Gasteiger partial charge in [0.2, 0.25) is 0 Å². The van der Waals surface area contributed by atoms with Crippen LogP contribution in [0.4, 0.5) is 5.69 Å². The molecule has 108 valence electrons. The standard InChI is InChI=1S/C16H21ClN2S/c1-4-15(18-2)12-5-7-13(8-6-12)19(3)11-14-9-10-16(17)20-14/h5-10,15,18H,4,11H2,1-3H3. The maximum absolute atomic E-state index is 5.97. The fourth-order valence-electron chi connectivity index (χ4n) is 2.33. The zero-order chi connectivity index (χ0) is 14.5. The fraction of sp³-hybridized carbons (Fsp3) is 0.375. The molecule has 1 aromatic heterocycles. The molecule has 1 N–H and O–H groups in total. The van der Waals surface area contributed by atoms with Crippen LogP contribution in [0.1, 0.15) is 29.8 Å². The second-order valence-corrected chi connectivity index (χ2v) is 6.70. The average Bonchev–Trinajstić information content (AvgIpc) is 2.86. The minimum Gasteiger partial charge on any atom is -0.369 e. The van der Waals surface area contributed by atoms with Crippen LogP contribution in [0.5, 0.6) is 0 Å². The van der Waals surface area contributed by atoms with Crippen LogP contribution in [0, 0.1) is 0 Å². The van der Waals surface area contributed by atoms with Crippen LogP contribution < -0.4 is 10.2 Å². The monoisotopic (exact) mass is 308 g/mol. The first-order valence-corrected chi connectivity index (χ1v) is 8.06. The van der Waals surface area contributed by atoms with Crippen molar-refractivity contribution >= 4 is 28.6 Å². The number of halogens is 1. The summed E-state index contributed by atoms with van der Waals surface area (Å²) < 4.78 is 0.851. The van der Waals surface area contributed by atoms with Crippen LogP contribution in [-0.4, -0.2) is 14.1 Å². The molecule has 0 bridgehead atoms. The van der Waals surface area contributed by atoms with Gasteiger partial charge in [-0.2, -0.15) is 0 Å². The van der Waals surface area contributed by atoms with Gasteiger partial charge in [0.25, 0.3) is 0 Å². The van der Waals surface area contributed by atoms with E-state index in [9.17, 15) is 0 Å². The number of hydrogen-bond acceptors (Lipinski definition) is 3. The third-order valence-electron chi connectivity index (χ3n) is 3.51. The van der Waals surface area contributed by atoms with E-state index in [0.717, 1.165) is 17.3 Å². The van der Waals surface area contributed by atoms with Gasteiger partial charge >= 0.3 is 0 Å². The number of thiophene rings is 1. The first kappa shape index (κ1) is 15.4. The molecule has 2 nitrogen and oxygen atoms in total. The van der Waals surface area contributed by atoms with Crippen LogP contribution >= 0.6 is 22.9 Å². The molecule has 2 rings (SSSR count). The molecule has 0 spiro atoms.